The summed E-state index contributed by atoms with van der Waals surface area (Å²) in [5.41, 5.74) is 1.37. The van der Waals surface area contributed by atoms with Gasteiger partial charge in [0.1, 0.15) is 5.82 Å². The molecule has 0 saturated carbocycles. The van der Waals surface area contributed by atoms with E-state index in [-0.39, 0.29) is 17.0 Å². The lowest BCUT2D eigenvalue weighted by molar-refractivity contribution is 0.0691. The first-order chi connectivity index (χ1) is 16.2. The standard InChI is InChI=1S/C24H22F2N4O4/c1-4-7-29-12-15(11-27-29)30-13(2)22(17-9-21(34-3)19(26)10-20(17)30)23(31)28-14-5-6-18(25)16(8-14)24(32)33/h5-6,8-12H,4,7H2,1-3H3,(H,28,31)(H,32,33). The molecule has 0 spiro atoms. The molecule has 0 atom stereocenters. The molecule has 1 amide bonds. The number of carbonyl (C=O) groups is 2. The van der Waals surface area contributed by atoms with Crippen LogP contribution in [0.5, 0.6) is 5.75 Å². The Balaban J connectivity index is 1.86. The largest absolute Gasteiger partial charge is 0.494 e. The van der Waals surface area contributed by atoms with E-state index in [0.29, 0.717) is 28.8 Å². The number of carbonyl (C=O) groups excluding carboxylic acids is 1. The van der Waals surface area contributed by atoms with E-state index in [1.54, 1.807) is 28.6 Å². The number of fused-ring (bicyclic) bond motifs is 1. The molecule has 8 nitrogen and oxygen atoms in total. The fourth-order valence-corrected chi connectivity index (χ4v) is 3.97. The highest BCUT2D eigenvalue weighted by Crippen LogP contribution is 2.34. The Morgan fingerprint density at radius 2 is 1.94 bits per heavy atom. The van der Waals surface area contributed by atoms with Crippen molar-refractivity contribution < 1.29 is 28.2 Å². The van der Waals surface area contributed by atoms with E-state index in [1.165, 1.54) is 25.3 Å². The summed E-state index contributed by atoms with van der Waals surface area (Å²) in [5.74, 6) is -3.56. The Kier molecular flexibility index (Phi) is 6.06. The summed E-state index contributed by atoms with van der Waals surface area (Å²) >= 11 is 0. The molecule has 176 valence electrons. The minimum absolute atomic E-state index is 0.0321. The lowest BCUT2D eigenvalue weighted by Gasteiger charge is -2.08. The van der Waals surface area contributed by atoms with Crippen molar-refractivity contribution in [3.05, 3.63) is 71.2 Å². The Hall–Kier alpha value is -4.21. The third-order valence-electron chi connectivity index (χ3n) is 5.49. The number of carboxylic acids is 1. The molecule has 0 bridgehead atoms. The fraction of sp³-hybridized carbons (Fsp3) is 0.208. The van der Waals surface area contributed by atoms with Gasteiger partial charge in [0.25, 0.3) is 5.91 Å². The number of carboxylic acid groups (broad SMARTS) is 1. The molecule has 2 N–H and O–H groups in total. The van der Waals surface area contributed by atoms with E-state index < -0.39 is 29.1 Å². The molecule has 2 aromatic heterocycles. The molecule has 0 aliphatic carbocycles. The normalized spacial score (nSPS) is 11.1. The lowest BCUT2D eigenvalue weighted by atomic mass is 10.1. The maximum absolute atomic E-state index is 14.6. The highest BCUT2D eigenvalue weighted by molar-refractivity contribution is 6.15. The SMILES string of the molecule is CCCn1cc(-n2c(C)c(C(=O)Nc3ccc(F)c(C(=O)O)c3)c3cc(OC)c(F)cc32)cn1. The number of nitrogens with zero attached hydrogens (tertiary/aromatic N) is 3. The molecule has 4 rings (SSSR count). The third kappa shape index (κ3) is 3.98. The molecule has 34 heavy (non-hydrogen) atoms. The van der Waals surface area contributed by atoms with Crippen molar-refractivity contribution in [2.45, 2.75) is 26.8 Å². The highest BCUT2D eigenvalue weighted by atomic mass is 19.1. The summed E-state index contributed by atoms with van der Waals surface area (Å²) in [7, 11) is 1.33. The number of benzene rings is 2. The first kappa shape index (κ1) is 23.0. The molecule has 0 aliphatic rings. The molecule has 0 aliphatic heterocycles. The van der Waals surface area contributed by atoms with Crippen molar-refractivity contribution in [2.24, 2.45) is 0 Å². The van der Waals surface area contributed by atoms with Gasteiger partial charge in [0, 0.05) is 35.6 Å². The molecular formula is C24H22F2N4O4. The van der Waals surface area contributed by atoms with Crippen LogP contribution in [0.4, 0.5) is 14.5 Å². The van der Waals surface area contributed by atoms with E-state index in [0.717, 1.165) is 18.6 Å². The van der Waals surface area contributed by atoms with Gasteiger partial charge in [-0.2, -0.15) is 5.10 Å². The number of amides is 1. The van der Waals surface area contributed by atoms with Crippen LogP contribution in [0.15, 0.2) is 42.7 Å². The van der Waals surface area contributed by atoms with Crippen LogP contribution in [0.2, 0.25) is 0 Å². The predicted molar refractivity (Wildman–Crippen MR) is 122 cm³/mol. The molecule has 4 aromatic rings. The molecular weight excluding hydrogens is 446 g/mol. The smallest absolute Gasteiger partial charge is 0.338 e. The fourth-order valence-electron chi connectivity index (χ4n) is 3.97. The Morgan fingerprint density at radius 1 is 1.18 bits per heavy atom. The Labute approximate surface area is 193 Å². The van der Waals surface area contributed by atoms with Crippen molar-refractivity contribution in [1.82, 2.24) is 14.3 Å². The van der Waals surface area contributed by atoms with Crippen LogP contribution < -0.4 is 10.1 Å². The minimum atomic E-state index is -1.45. The summed E-state index contributed by atoms with van der Waals surface area (Å²) in [6.45, 7) is 4.43. The zero-order chi connectivity index (χ0) is 24.6. The van der Waals surface area contributed by atoms with Gasteiger partial charge in [-0.05, 0) is 37.6 Å². The number of anilines is 1. The van der Waals surface area contributed by atoms with Gasteiger partial charge in [-0.3, -0.25) is 9.48 Å². The van der Waals surface area contributed by atoms with Crippen LogP contribution in [-0.2, 0) is 6.54 Å². The number of rotatable bonds is 7. The van der Waals surface area contributed by atoms with Crippen LogP contribution in [-0.4, -0.2) is 38.4 Å². The number of hydrogen-bond donors (Lipinski definition) is 2. The van der Waals surface area contributed by atoms with Crippen LogP contribution in [0.3, 0.4) is 0 Å². The molecule has 0 unspecified atom stereocenters. The molecule has 2 heterocycles. The summed E-state index contributed by atoms with van der Waals surface area (Å²) < 4.78 is 37.0. The van der Waals surface area contributed by atoms with E-state index >= 15 is 0 Å². The minimum Gasteiger partial charge on any atom is -0.494 e. The van der Waals surface area contributed by atoms with Crippen LogP contribution >= 0.6 is 0 Å². The number of halogens is 2. The second kappa shape index (κ2) is 8.97. The zero-order valence-electron chi connectivity index (χ0n) is 18.7. The second-order valence-electron chi connectivity index (χ2n) is 7.72. The first-order valence-corrected chi connectivity index (χ1v) is 10.5. The number of hydrogen-bond acceptors (Lipinski definition) is 4. The lowest BCUT2D eigenvalue weighted by Crippen LogP contribution is -2.14. The number of nitrogens with one attached hydrogen (secondary N) is 1. The second-order valence-corrected chi connectivity index (χ2v) is 7.72. The van der Waals surface area contributed by atoms with Gasteiger partial charge in [0.05, 0.1) is 35.6 Å². The topological polar surface area (TPSA) is 98.4 Å². The summed E-state index contributed by atoms with van der Waals surface area (Å²) in [4.78, 5) is 24.6. The average Bonchev–Trinajstić information content (AvgIpc) is 3.35. The maximum atomic E-state index is 14.6. The van der Waals surface area contributed by atoms with Crippen molar-refractivity contribution >= 4 is 28.5 Å². The number of methoxy groups -OCH3 is 1. The number of aromatic carboxylic acids is 1. The Bertz CT molecular complexity index is 1420. The Morgan fingerprint density at radius 3 is 2.62 bits per heavy atom. The quantitative estimate of drug-likeness (QED) is 0.407. The third-order valence-corrected chi connectivity index (χ3v) is 5.49. The summed E-state index contributed by atoms with van der Waals surface area (Å²) in [6.07, 6.45) is 4.31. The first-order valence-electron chi connectivity index (χ1n) is 10.5. The van der Waals surface area contributed by atoms with Gasteiger partial charge in [-0.1, -0.05) is 6.92 Å². The van der Waals surface area contributed by atoms with Crippen molar-refractivity contribution in [3.63, 3.8) is 0 Å². The van der Waals surface area contributed by atoms with Crippen LogP contribution in [0, 0.1) is 18.6 Å². The molecule has 0 fully saturated rings. The van der Waals surface area contributed by atoms with Gasteiger partial charge in [0.15, 0.2) is 11.6 Å². The van der Waals surface area contributed by atoms with Crippen LogP contribution in [0.25, 0.3) is 16.6 Å². The molecule has 2 aromatic carbocycles. The van der Waals surface area contributed by atoms with Gasteiger partial charge in [-0.25, -0.2) is 13.6 Å². The molecule has 0 saturated heterocycles. The molecule has 10 heteroatoms. The monoisotopic (exact) mass is 468 g/mol. The van der Waals surface area contributed by atoms with Crippen molar-refractivity contribution in [3.8, 4) is 11.4 Å². The number of aromatic nitrogens is 3. The highest BCUT2D eigenvalue weighted by Gasteiger charge is 2.24. The number of ether oxygens (including phenoxy) is 1. The number of aryl methyl sites for hydroxylation is 1. The van der Waals surface area contributed by atoms with E-state index in [4.69, 9.17) is 9.84 Å². The zero-order valence-corrected chi connectivity index (χ0v) is 18.7. The van der Waals surface area contributed by atoms with Gasteiger partial charge < -0.3 is 19.7 Å². The van der Waals surface area contributed by atoms with Gasteiger partial charge >= 0.3 is 5.97 Å². The summed E-state index contributed by atoms with van der Waals surface area (Å²) in [5, 5.41) is 16.5. The predicted octanol–water partition coefficient (Wildman–Crippen LogP) is 4.78. The van der Waals surface area contributed by atoms with Gasteiger partial charge in [0.2, 0.25) is 0 Å². The molecule has 0 radical (unpaired) electrons. The van der Waals surface area contributed by atoms with Crippen molar-refractivity contribution in [2.75, 3.05) is 12.4 Å². The van der Waals surface area contributed by atoms with Crippen LogP contribution in [0.1, 0.15) is 39.8 Å². The van der Waals surface area contributed by atoms with E-state index in [9.17, 15) is 18.4 Å². The van der Waals surface area contributed by atoms with Gasteiger partial charge in [-0.15, -0.1) is 0 Å². The average molecular weight is 468 g/mol. The van der Waals surface area contributed by atoms with Crippen molar-refractivity contribution in [1.29, 1.82) is 0 Å². The summed E-state index contributed by atoms with van der Waals surface area (Å²) in [6, 6.07) is 6.00. The van der Waals surface area contributed by atoms with E-state index in [1.807, 2.05) is 6.92 Å². The van der Waals surface area contributed by atoms with E-state index in [2.05, 4.69) is 10.4 Å². The maximum Gasteiger partial charge on any atom is 0.338 e.